The summed E-state index contributed by atoms with van der Waals surface area (Å²) in [7, 11) is 0. The molecule has 0 saturated carbocycles. The molecule has 29 heavy (non-hydrogen) atoms. The molecule has 0 aliphatic rings. The van der Waals surface area contributed by atoms with Gasteiger partial charge in [-0.25, -0.2) is 9.18 Å². The molecular formula is C22H20FNO4S. The van der Waals surface area contributed by atoms with E-state index in [1.54, 1.807) is 13.8 Å². The molecule has 0 saturated heterocycles. The van der Waals surface area contributed by atoms with Crippen molar-refractivity contribution in [2.45, 2.75) is 20.0 Å². The Hall–Kier alpha value is -3.19. The SMILES string of the molecule is CCOC(=O)c1c(-c2ccccc2)csc1NC(=O)[C@@H](C)Oc1ccc(F)cc1. The molecule has 3 rings (SSSR count). The Morgan fingerprint density at radius 1 is 1.10 bits per heavy atom. The number of rotatable bonds is 7. The van der Waals surface area contributed by atoms with E-state index in [0.717, 1.165) is 5.56 Å². The van der Waals surface area contributed by atoms with Crippen molar-refractivity contribution in [2.24, 2.45) is 0 Å². The molecule has 0 spiro atoms. The van der Waals surface area contributed by atoms with Gasteiger partial charge in [-0.2, -0.15) is 0 Å². The molecule has 7 heteroatoms. The molecule has 1 atom stereocenters. The van der Waals surface area contributed by atoms with Crippen molar-refractivity contribution in [1.29, 1.82) is 0 Å². The fraction of sp³-hybridized carbons (Fsp3) is 0.182. The Bertz CT molecular complexity index is 986. The van der Waals surface area contributed by atoms with Crippen LogP contribution >= 0.6 is 11.3 Å². The van der Waals surface area contributed by atoms with E-state index in [-0.39, 0.29) is 12.4 Å². The van der Waals surface area contributed by atoms with Gasteiger partial charge in [0.1, 0.15) is 22.1 Å². The van der Waals surface area contributed by atoms with Crippen molar-refractivity contribution in [2.75, 3.05) is 11.9 Å². The summed E-state index contributed by atoms with van der Waals surface area (Å²) in [6.45, 7) is 3.53. The van der Waals surface area contributed by atoms with Gasteiger partial charge in [0.05, 0.1) is 6.61 Å². The van der Waals surface area contributed by atoms with Crippen LogP contribution in [-0.2, 0) is 9.53 Å². The number of benzene rings is 2. The summed E-state index contributed by atoms with van der Waals surface area (Å²) in [4.78, 5) is 25.2. The first-order valence-corrected chi connectivity index (χ1v) is 9.94. The lowest BCUT2D eigenvalue weighted by Crippen LogP contribution is -2.30. The number of halogens is 1. The largest absolute Gasteiger partial charge is 0.481 e. The van der Waals surface area contributed by atoms with Crippen molar-refractivity contribution in [3.63, 3.8) is 0 Å². The lowest BCUT2D eigenvalue weighted by Gasteiger charge is -2.15. The topological polar surface area (TPSA) is 64.6 Å². The second kappa shape index (κ2) is 9.34. The van der Waals surface area contributed by atoms with E-state index in [1.807, 2.05) is 35.7 Å². The molecule has 0 unspecified atom stereocenters. The van der Waals surface area contributed by atoms with Crippen LogP contribution < -0.4 is 10.1 Å². The lowest BCUT2D eigenvalue weighted by molar-refractivity contribution is -0.122. The average molecular weight is 413 g/mol. The van der Waals surface area contributed by atoms with E-state index < -0.39 is 18.0 Å². The van der Waals surface area contributed by atoms with Gasteiger partial charge in [-0.15, -0.1) is 11.3 Å². The zero-order valence-electron chi connectivity index (χ0n) is 16.0. The van der Waals surface area contributed by atoms with E-state index in [1.165, 1.54) is 35.6 Å². The predicted molar refractivity (Wildman–Crippen MR) is 111 cm³/mol. The minimum atomic E-state index is -0.849. The highest BCUT2D eigenvalue weighted by atomic mass is 32.1. The third kappa shape index (κ3) is 5.00. The Labute approximate surface area is 172 Å². The molecule has 1 aromatic heterocycles. The molecule has 1 N–H and O–H groups in total. The molecule has 0 fully saturated rings. The first kappa shape index (κ1) is 20.5. The number of anilines is 1. The highest BCUT2D eigenvalue weighted by Gasteiger charge is 2.24. The van der Waals surface area contributed by atoms with Gasteiger partial charge in [0.25, 0.3) is 5.91 Å². The lowest BCUT2D eigenvalue weighted by atomic mass is 10.0. The maximum Gasteiger partial charge on any atom is 0.341 e. The van der Waals surface area contributed by atoms with Gasteiger partial charge in [-0.1, -0.05) is 30.3 Å². The first-order chi connectivity index (χ1) is 14.0. The van der Waals surface area contributed by atoms with Gasteiger partial charge < -0.3 is 14.8 Å². The summed E-state index contributed by atoms with van der Waals surface area (Å²) >= 11 is 1.24. The molecule has 0 radical (unpaired) electrons. The second-order valence-electron chi connectivity index (χ2n) is 6.14. The summed E-state index contributed by atoms with van der Waals surface area (Å²) in [5, 5.41) is 4.95. The maximum atomic E-state index is 13.0. The van der Waals surface area contributed by atoms with Crippen LogP contribution in [0.4, 0.5) is 9.39 Å². The van der Waals surface area contributed by atoms with E-state index in [2.05, 4.69) is 5.32 Å². The van der Waals surface area contributed by atoms with Gasteiger partial charge in [-0.05, 0) is 43.7 Å². The molecule has 1 amide bonds. The molecule has 150 valence electrons. The fourth-order valence-corrected chi connectivity index (χ4v) is 3.63. The number of carbonyl (C=O) groups is 2. The van der Waals surface area contributed by atoms with E-state index in [0.29, 0.717) is 21.9 Å². The highest BCUT2D eigenvalue weighted by Crippen LogP contribution is 2.36. The van der Waals surface area contributed by atoms with E-state index in [4.69, 9.17) is 9.47 Å². The van der Waals surface area contributed by atoms with Crippen LogP contribution in [-0.4, -0.2) is 24.6 Å². The summed E-state index contributed by atoms with van der Waals surface area (Å²) in [5.41, 5.74) is 1.85. The quantitative estimate of drug-likeness (QED) is 0.545. The van der Waals surface area contributed by atoms with Crippen LogP contribution in [0.15, 0.2) is 60.0 Å². The summed E-state index contributed by atoms with van der Waals surface area (Å²) in [6.07, 6.45) is -0.849. The number of amides is 1. The van der Waals surface area contributed by atoms with Gasteiger partial charge in [0.15, 0.2) is 6.10 Å². The third-order valence-electron chi connectivity index (χ3n) is 4.09. The third-order valence-corrected chi connectivity index (χ3v) is 4.98. The molecule has 2 aromatic carbocycles. The maximum absolute atomic E-state index is 13.0. The number of hydrogen-bond donors (Lipinski definition) is 1. The van der Waals surface area contributed by atoms with Crippen LogP contribution in [0.2, 0.25) is 0 Å². The standard InChI is InChI=1S/C22H20FNO4S/c1-3-27-22(26)19-18(15-7-5-4-6-8-15)13-29-21(19)24-20(25)14(2)28-17-11-9-16(23)10-12-17/h4-14H,3H2,1-2H3,(H,24,25)/t14-/m1/s1. The number of carbonyl (C=O) groups excluding carboxylic acids is 2. The zero-order chi connectivity index (χ0) is 20.8. The zero-order valence-corrected chi connectivity index (χ0v) is 16.8. The van der Waals surface area contributed by atoms with E-state index >= 15 is 0 Å². The number of thiophene rings is 1. The number of esters is 1. The number of ether oxygens (including phenoxy) is 2. The van der Waals surface area contributed by atoms with Crippen molar-refractivity contribution in [3.05, 3.63) is 71.4 Å². The first-order valence-electron chi connectivity index (χ1n) is 9.06. The Kier molecular flexibility index (Phi) is 6.61. The number of hydrogen-bond acceptors (Lipinski definition) is 5. The van der Waals surface area contributed by atoms with Gasteiger partial charge in [-0.3, -0.25) is 4.79 Å². The Morgan fingerprint density at radius 2 is 1.79 bits per heavy atom. The minimum absolute atomic E-state index is 0.223. The van der Waals surface area contributed by atoms with Crippen molar-refractivity contribution >= 4 is 28.2 Å². The van der Waals surface area contributed by atoms with E-state index in [9.17, 15) is 14.0 Å². The molecule has 0 bridgehead atoms. The predicted octanol–water partition coefficient (Wildman–Crippen LogP) is 5.14. The summed E-state index contributed by atoms with van der Waals surface area (Å²) in [5.74, 6) is -0.951. The highest BCUT2D eigenvalue weighted by molar-refractivity contribution is 7.15. The number of nitrogens with one attached hydrogen (secondary N) is 1. The van der Waals surface area contributed by atoms with Crippen molar-refractivity contribution in [3.8, 4) is 16.9 Å². The molecule has 1 heterocycles. The molecule has 3 aromatic rings. The van der Waals surface area contributed by atoms with Crippen LogP contribution in [0.5, 0.6) is 5.75 Å². The van der Waals surface area contributed by atoms with Crippen LogP contribution in [0, 0.1) is 5.82 Å². The molecule has 5 nitrogen and oxygen atoms in total. The van der Waals surface area contributed by atoms with Crippen LogP contribution in [0.25, 0.3) is 11.1 Å². The van der Waals surface area contributed by atoms with Gasteiger partial charge in [0, 0.05) is 10.9 Å². The normalized spacial score (nSPS) is 11.6. The molecule has 0 aliphatic heterocycles. The fourth-order valence-electron chi connectivity index (χ4n) is 2.67. The van der Waals surface area contributed by atoms with Gasteiger partial charge in [0.2, 0.25) is 0 Å². The smallest absolute Gasteiger partial charge is 0.341 e. The monoisotopic (exact) mass is 413 g/mol. The van der Waals surface area contributed by atoms with Crippen LogP contribution in [0.1, 0.15) is 24.2 Å². The second-order valence-corrected chi connectivity index (χ2v) is 7.02. The van der Waals surface area contributed by atoms with Crippen LogP contribution in [0.3, 0.4) is 0 Å². The van der Waals surface area contributed by atoms with Gasteiger partial charge >= 0.3 is 5.97 Å². The minimum Gasteiger partial charge on any atom is -0.481 e. The average Bonchev–Trinajstić information content (AvgIpc) is 3.14. The Balaban J connectivity index is 1.82. The summed E-state index contributed by atoms with van der Waals surface area (Å²) in [6, 6.07) is 14.8. The van der Waals surface area contributed by atoms with Crippen molar-refractivity contribution < 1.29 is 23.5 Å². The molecular weight excluding hydrogens is 393 g/mol. The Morgan fingerprint density at radius 3 is 2.45 bits per heavy atom. The summed E-state index contributed by atoms with van der Waals surface area (Å²) < 4.78 is 23.8. The van der Waals surface area contributed by atoms with Crippen molar-refractivity contribution in [1.82, 2.24) is 0 Å². The molecule has 0 aliphatic carbocycles.